The lowest BCUT2D eigenvalue weighted by molar-refractivity contribution is -0.110. The zero-order chi connectivity index (χ0) is 17.7. The third-order valence-electron chi connectivity index (χ3n) is 3.03. The van der Waals surface area contributed by atoms with E-state index in [0.717, 1.165) is 11.5 Å². The van der Waals surface area contributed by atoms with Crippen molar-refractivity contribution in [1.82, 2.24) is 0 Å². The van der Waals surface area contributed by atoms with Crippen LogP contribution in [0.4, 0.5) is 0 Å². The number of carbonyl (C=O) groups excluding carboxylic acids is 1. The Labute approximate surface area is 167 Å². The number of rotatable bonds is 13. The predicted octanol–water partition coefficient (Wildman–Crippen LogP) is 6.18. The summed E-state index contributed by atoms with van der Waals surface area (Å²) in [6, 6.07) is 0. The molecule has 8 heteroatoms. The lowest BCUT2D eigenvalue weighted by Crippen LogP contribution is -2.15. The molecule has 0 heterocycles. The van der Waals surface area contributed by atoms with Crippen LogP contribution in [0.25, 0.3) is 0 Å². The summed E-state index contributed by atoms with van der Waals surface area (Å²) in [5, 5.41) is 3.71. The standard InChI is InChI=1S/C15H27NOS6/c1-11(2)13(8-16-10-18)23-21-7-6-15(17)20-9-14(12(3)4)22-19-5/h11-14H,6-9H2,1-5H3. The molecule has 0 aromatic carbocycles. The minimum Gasteiger partial charge on any atom is -0.287 e. The number of hydrogen-bond acceptors (Lipinski definition) is 8. The van der Waals surface area contributed by atoms with Crippen molar-refractivity contribution >= 4 is 77.4 Å². The second-order valence-electron chi connectivity index (χ2n) is 5.61. The van der Waals surface area contributed by atoms with Gasteiger partial charge in [-0.3, -0.25) is 4.79 Å². The van der Waals surface area contributed by atoms with E-state index in [1.54, 1.807) is 21.6 Å². The zero-order valence-electron chi connectivity index (χ0n) is 14.4. The molecule has 23 heavy (non-hydrogen) atoms. The fraction of sp³-hybridized carbons (Fsp3) is 0.867. The van der Waals surface area contributed by atoms with Crippen molar-refractivity contribution in [2.45, 2.75) is 44.6 Å². The van der Waals surface area contributed by atoms with Crippen molar-refractivity contribution in [2.75, 3.05) is 24.3 Å². The Morgan fingerprint density at radius 1 is 1.13 bits per heavy atom. The molecule has 2 unspecified atom stereocenters. The van der Waals surface area contributed by atoms with Crippen molar-refractivity contribution in [3.63, 3.8) is 0 Å². The third-order valence-corrected chi connectivity index (χ3v) is 9.99. The van der Waals surface area contributed by atoms with E-state index < -0.39 is 0 Å². The van der Waals surface area contributed by atoms with Crippen molar-refractivity contribution in [3.05, 3.63) is 0 Å². The highest BCUT2D eigenvalue weighted by Crippen LogP contribution is 2.34. The summed E-state index contributed by atoms with van der Waals surface area (Å²) in [6.07, 6.45) is 2.73. The van der Waals surface area contributed by atoms with Crippen LogP contribution in [-0.4, -0.2) is 45.1 Å². The molecule has 0 amide bonds. The SMILES string of the molecule is CSSC(CSC(=O)CCSSC(CN=C=S)C(C)C)C(C)C. The Hall–Kier alpha value is 1.22. The number of isothiocyanates is 1. The van der Waals surface area contributed by atoms with Gasteiger partial charge in [0.1, 0.15) is 0 Å². The van der Waals surface area contributed by atoms with E-state index in [1.807, 2.05) is 21.6 Å². The van der Waals surface area contributed by atoms with Crippen LogP contribution < -0.4 is 0 Å². The number of hydrogen-bond donors (Lipinski definition) is 0. The zero-order valence-corrected chi connectivity index (χ0v) is 19.3. The van der Waals surface area contributed by atoms with Crippen molar-refractivity contribution < 1.29 is 4.79 Å². The molecule has 0 aliphatic carbocycles. The van der Waals surface area contributed by atoms with Gasteiger partial charge < -0.3 is 0 Å². The number of thioether (sulfide) groups is 1. The molecule has 0 aromatic rings. The van der Waals surface area contributed by atoms with Crippen LogP contribution in [0.2, 0.25) is 0 Å². The lowest BCUT2D eigenvalue weighted by Gasteiger charge is -2.18. The van der Waals surface area contributed by atoms with Crippen LogP contribution in [0.1, 0.15) is 34.1 Å². The van der Waals surface area contributed by atoms with Gasteiger partial charge in [0.25, 0.3) is 0 Å². The Kier molecular flexibility index (Phi) is 16.3. The summed E-state index contributed by atoms with van der Waals surface area (Å²) in [5.41, 5.74) is 0. The molecule has 0 fully saturated rings. The quantitative estimate of drug-likeness (QED) is 0.149. The largest absolute Gasteiger partial charge is 0.287 e. The van der Waals surface area contributed by atoms with Crippen molar-refractivity contribution in [3.8, 4) is 0 Å². The molecule has 134 valence electrons. The highest BCUT2D eigenvalue weighted by Gasteiger charge is 2.17. The maximum Gasteiger partial charge on any atom is 0.189 e. The second-order valence-corrected chi connectivity index (χ2v) is 12.3. The van der Waals surface area contributed by atoms with Gasteiger partial charge in [-0.2, -0.15) is 0 Å². The predicted molar refractivity (Wildman–Crippen MR) is 120 cm³/mol. The number of carbonyl (C=O) groups is 1. The minimum absolute atomic E-state index is 0.309. The maximum atomic E-state index is 12.0. The summed E-state index contributed by atoms with van der Waals surface area (Å²) >= 11 is 6.12. The smallest absolute Gasteiger partial charge is 0.189 e. The van der Waals surface area contributed by atoms with Crippen molar-refractivity contribution in [2.24, 2.45) is 16.8 Å². The van der Waals surface area contributed by atoms with Gasteiger partial charge in [0, 0.05) is 28.4 Å². The van der Waals surface area contributed by atoms with E-state index in [2.05, 4.69) is 56.3 Å². The van der Waals surface area contributed by atoms with Gasteiger partial charge in [0.05, 0.1) is 11.7 Å². The molecule has 0 aliphatic rings. The first-order valence-corrected chi connectivity index (χ1v) is 14.0. The van der Waals surface area contributed by atoms with Gasteiger partial charge in [-0.05, 0) is 30.3 Å². The minimum atomic E-state index is 0.309. The van der Waals surface area contributed by atoms with E-state index in [9.17, 15) is 4.79 Å². The summed E-state index contributed by atoms with van der Waals surface area (Å²) < 4.78 is 0. The Bertz CT molecular complexity index is 371. The summed E-state index contributed by atoms with van der Waals surface area (Å²) in [5.74, 6) is 2.92. The maximum absolute atomic E-state index is 12.0. The summed E-state index contributed by atoms with van der Waals surface area (Å²) in [6.45, 7) is 9.53. The first-order valence-electron chi connectivity index (χ1n) is 7.59. The summed E-state index contributed by atoms with van der Waals surface area (Å²) in [4.78, 5) is 16.1. The number of nitrogens with zero attached hydrogens (tertiary/aromatic N) is 1. The molecule has 0 rings (SSSR count). The molecule has 0 saturated heterocycles. The van der Waals surface area contributed by atoms with Crippen molar-refractivity contribution in [1.29, 1.82) is 0 Å². The molecule has 0 bridgehead atoms. The number of thiocarbonyl (C=S) groups is 1. The van der Waals surface area contributed by atoms with Gasteiger partial charge >= 0.3 is 0 Å². The Balaban J connectivity index is 3.94. The van der Waals surface area contributed by atoms with Gasteiger partial charge in [0.15, 0.2) is 5.12 Å². The molecule has 0 N–H and O–H groups in total. The molecular weight excluding hydrogens is 403 g/mol. The van der Waals surface area contributed by atoms with Crippen LogP contribution in [0.15, 0.2) is 4.99 Å². The topological polar surface area (TPSA) is 29.4 Å². The average Bonchev–Trinajstić information content (AvgIpc) is 2.49. The van der Waals surface area contributed by atoms with Crippen LogP contribution in [0.5, 0.6) is 0 Å². The van der Waals surface area contributed by atoms with Crippen LogP contribution in [0.3, 0.4) is 0 Å². The van der Waals surface area contributed by atoms with Crippen LogP contribution >= 0.6 is 67.2 Å². The average molecular weight is 430 g/mol. The fourth-order valence-electron chi connectivity index (χ4n) is 1.44. The lowest BCUT2D eigenvalue weighted by atomic mass is 10.1. The monoisotopic (exact) mass is 429 g/mol. The Morgan fingerprint density at radius 3 is 2.30 bits per heavy atom. The van der Waals surface area contributed by atoms with Gasteiger partial charge in [0.2, 0.25) is 0 Å². The molecule has 0 saturated carbocycles. The highest BCUT2D eigenvalue weighted by atomic mass is 33.1. The van der Waals surface area contributed by atoms with Crippen LogP contribution in [-0.2, 0) is 4.79 Å². The molecular formula is C15H27NOS6. The molecule has 0 radical (unpaired) electrons. The van der Waals surface area contributed by atoms with E-state index in [-0.39, 0.29) is 0 Å². The van der Waals surface area contributed by atoms with E-state index in [4.69, 9.17) is 0 Å². The molecule has 2 atom stereocenters. The summed E-state index contributed by atoms with van der Waals surface area (Å²) in [7, 11) is 7.25. The third kappa shape index (κ3) is 13.1. The first-order chi connectivity index (χ1) is 10.9. The first kappa shape index (κ1) is 24.2. The van der Waals surface area contributed by atoms with E-state index in [0.29, 0.717) is 40.4 Å². The molecule has 0 aliphatic heterocycles. The van der Waals surface area contributed by atoms with Gasteiger partial charge in [-0.1, -0.05) is 82.6 Å². The van der Waals surface area contributed by atoms with E-state index >= 15 is 0 Å². The Morgan fingerprint density at radius 2 is 1.78 bits per heavy atom. The normalized spacial score (nSPS) is 13.9. The number of aliphatic imine (C=N–C) groups is 1. The van der Waals surface area contributed by atoms with Crippen LogP contribution in [0, 0.1) is 11.8 Å². The molecule has 0 aromatic heterocycles. The van der Waals surface area contributed by atoms with Gasteiger partial charge in [-0.25, -0.2) is 4.99 Å². The molecule has 2 nitrogen and oxygen atoms in total. The van der Waals surface area contributed by atoms with E-state index in [1.165, 1.54) is 11.8 Å². The van der Waals surface area contributed by atoms with Gasteiger partial charge in [-0.15, -0.1) is 0 Å². The highest BCUT2D eigenvalue weighted by molar-refractivity contribution is 8.77. The second kappa shape index (κ2) is 15.5. The fourth-order valence-corrected chi connectivity index (χ4v) is 8.24. The molecule has 0 spiro atoms.